The fourth-order valence-corrected chi connectivity index (χ4v) is 4.50. The van der Waals surface area contributed by atoms with Crippen LogP contribution >= 0.6 is 0 Å². The quantitative estimate of drug-likeness (QED) is 0.620. The van der Waals surface area contributed by atoms with Crippen LogP contribution in [0.1, 0.15) is 29.6 Å². The first kappa shape index (κ1) is 21.8. The minimum Gasteiger partial charge on any atom is -0.441 e. The van der Waals surface area contributed by atoms with Crippen molar-refractivity contribution in [3.63, 3.8) is 0 Å². The Morgan fingerprint density at radius 2 is 1.85 bits per heavy atom. The van der Waals surface area contributed by atoms with E-state index in [1.165, 1.54) is 17.0 Å². The molecule has 2 amide bonds. The number of halogens is 1. The summed E-state index contributed by atoms with van der Waals surface area (Å²) in [6, 6.07) is 14.9. The molecule has 3 aromatic rings. The van der Waals surface area contributed by atoms with Crippen LogP contribution in [0.4, 0.5) is 26.5 Å². The molecule has 0 unspecified atom stereocenters. The number of carbonyl (C=O) groups is 2. The maximum Gasteiger partial charge on any atom is 0.415 e. The zero-order valence-electron chi connectivity index (χ0n) is 18.5. The summed E-state index contributed by atoms with van der Waals surface area (Å²) in [4.78, 5) is 37.4. The van der Waals surface area contributed by atoms with Crippen molar-refractivity contribution in [2.75, 3.05) is 29.9 Å². The second-order valence-electron chi connectivity index (χ2n) is 8.54. The molecule has 5 rings (SSSR count). The highest BCUT2D eigenvalue weighted by molar-refractivity contribution is 5.95. The van der Waals surface area contributed by atoms with Crippen LogP contribution in [0.25, 0.3) is 0 Å². The van der Waals surface area contributed by atoms with Gasteiger partial charge in [-0.05, 0) is 55.3 Å². The molecule has 1 spiro atoms. The van der Waals surface area contributed by atoms with Crippen LogP contribution in [0.5, 0.6) is 0 Å². The van der Waals surface area contributed by atoms with Crippen LogP contribution in [0.2, 0.25) is 0 Å². The molecule has 0 aliphatic carbocycles. The largest absolute Gasteiger partial charge is 0.441 e. The first-order valence-corrected chi connectivity index (χ1v) is 11.2. The molecule has 0 radical (unpaired) electrons. The molecule has 8 nitrogen and oxygen atoms in total. The van der Waals surface area contributed by atoms with Gasteiger partial charge in [0.2, 0.25) is 5.95 Å². The Labute approximate surface area is 196 Å². The Hall–Kier alpha value is -4.01. The average molecular weight is 461 g/mol. The number of carbonyl (C=O) groups excluding carboxylic acids is 2. The van der Waals surface area contributed by atoms with Gasteiger partial charge in [0, 0.05) is 43.2 Å². The Morgan fingerprint density at radius 3 is 2.68 bits per heavy atom. The van der Waals surface area contributed by atoms with Gasteiger partial charge in [0.05, 0.1) is 12.2 Å². The third-order valence-corrected chi connectivity index (χ3v) is 6.21. The van der Waals surface area contributed by atoms with Crippen LogP contribution in [-0.2, 0) is 4.74 Å². The predicted octanol–water partition coefficient (Wildman–Crippen LogP) is 4.38. The van der Waals surface area contributed by atoms with Crippen LogP contribution in [0.15, 0.2) is 67.0 Å². The van der Waals surface area contributed by atoms with Gasteiger partial charge in [-0.3, -0.25) is 9.69 Å². The highest BCUT2D eigenvalue weighted by Gasteiger charge is 2.46. The van der Waals surface area contributed by atoms with E-state index in [9.17, 15) is 14.0 Å². The molecule has 0 bridgehead atoms. The number of rotatable bonds is 4. The third-order valence-electron chi connectivity index (χ3n) is 6.21. The minimum atomic E-state index is -0.688. The van der Waals surface area contributed by atoms with Gasteiger partial charge in [0.25, 0.3) is 5.91 Å². The van der Waals surface area contributed by atoms with Gasteiger partial charge in [-0.25, -0.2) is 19.2 Å². The second kappa shape index (κ2) is 9.09. The zero-order chi connectivity index (χ0) is 23.5. The van der Waals surface area contributed by atoms with E-state index in [4.69, 9.17) is 4.74 Å². The maximum atomic E-state index is 13.7. The highest BCUT2D eigenvalue weighted by Crippen LogP contribution is 2.36. The van der Waals surface area contributed by atoms with Gasteiger partial charge in [-0.1, -0.05) is 12.1 Å². The van der Waals surface area contributed by atoms with Crippen LogP contribution in [-0.4, -0.2) is 52.1 Å². The number of anilines is 3. The van der Waals surface area contributed by atoms with E-state index >= 15 is 0 Å². The molecule has 34 heavy (non-hydrogen) atoms. The summed E-state index contributed by atoms with van der Waals surface area (Å²) < 4.78 is 19.5. The van der Waals surface area contributed by atoms with E-state index in [1.807, 2.05) is 12.1 Å². The summed E-state index contributed by atoms with van der Waals surface area (Å²) in [6.45, 7) is 1.37. The molecular formula is C25H24FN5O3. The minimum absolute atomic E-state index is 0.0824. The van der Waals surface area contributed by atoms with E-state index in [-0.39, 0.29) is 5.91 Å². The number of hydrogen-bond donors (Lipinski definition) is 1. The Kier molecular flexibility index (Phi) is 5.83. The smallest absolute Gasteiger partial charge is 0.415 e. The fraction of sp³-hybridized carbons (Fsp3) is 0.280. The van der Waals surface area contributed by atoms with Crippen molar-refractivity contribution < 1.29 is 18.7 Å². The van der Waals surface area contributed by atoms with E-state index in [2.05, 4.69) is 15.3 Å². The SMILES string of the molecule is O=C(c1cccc(Nc2ncccn2)c1)N1CCC[C@]2(CC1)CN(c1cccc(F)c1)C(=O)O2. The van der Waals surface area contributed by atoms with Gasteiger partial charge in [0.1, 0.15) is 11.4 Å². The normalized spacial score (nSPS) is 20.2. The number of nitrogens with one attached hydrogen (secondary N) is 1. The molecule has 2 fully saturated rings. The molecule has 1 aromatic heterocycles. The topological polar surface area (TPSA) is 87.7 Å². The van der Waals surface area contributed by atoms with Crippen LogP contribution < -0.4 is 10.2 Å². The lowest BCUT2D eigenvalue weighted by atomic mass is 9.95. The zero-order valence-corrected chi connectivity index (χ0v) is 18.5. The number of hydrogen-bond acceptors (Lipinski definition) is 6. The van der Waals surface area contributed by atoms with Gasteiger partial charge >= 0.3 is 6.09 Å². The first-order valence-electron chi connectivity index (χ1n) is 11.2. The average Bonchev–Trinajstić information content (AvgIpc) is 3.03. The van der Waals surface area contributed by atoms with Gasteiger partial charge in [-0.15, -0.1) is 0 Å². The highest BCUT2D eigenvalue weighted by atomic mass is 19.1. The summed E-state index contributed by atoms with van der Waals surface area (Å²) in [6.07, 6.45) is 4.66. The van der Waals surface area contributed by atoms with Gasteiger partial charge in [0.15, 0.2) is 0 Å². The number of ether oxygens (including phenoxy) is 1. The summed E-state index contributed by atoms with van der Waals surface area (Å²) >= 11 is 0. The second-order valence-corrected chi connectivity index (χ2v) is 8.54. The lowest BCUT2D eigenvalue weighted by molar-refractivity contribution is 0.0438. The van der Waals surface area contributed by atoms with Crippen molar-refractivity contribution in [3.8, 4) is 0 Å². The molecule has 174 valence electrons. The Bertz CT molecular complexity index is 1210. The fourth-order valence-electron chi connectivity index (χ4n) is 4.50. The van der Waals surface area contributed by atoms with Crippen LogP contribution in [0.3, 0.4) is 0 Å². The van der Waals surface area contributed by atoms with Crippen LogP contribution in [0, 0.1) is 5.82 Å². The molecule has 2 saturated heterocycles. The molecule has 0 saturated carbocycles. The molecule has 9 heteroatoms. The molecule has 3 heterocycles. The number of nitrogens with zero attached hydrogens (tertiary/aromatic N) is 4. The van der Waals surface area contributed by atoms with E-state index < -0.39 is 17.5 Å². The summed E-state index contributed by atoms with van der Waals surface area (Å²) in [5, 5.41) is 3.10. The summed E-state index contributed by atoms with van der Waals surface area (Å²) in [5.41, 5.74) is 1.07. The van der Waals surface area contributed by atoms with E-state index in [0.717, 1.165) is 5.69 Å². The first-order chi connectivity index (χ1) is 16.5. The summed E-state index contributed by atoms with van der Waals surface area (Å²) in [7, 11) is 0. The van der Waals surface area contributed by atoms with Crippen molar-refractivity contribution in [2.24, 2.45) is 0 Å². The van der Waals surface area contributed by atoms with E-state index in [1.54, 1.807) is 47.6 Å². The molecular weight excluding hydrogens is 437 g/mol. The standard InChI is InChI=1S/C25H24FN5O3/c26-19-6-2-8-21(16-19)31-17-25(34-24(31)33)9-3-13-30(14-10-25)22(32)18-5-1-7-20(15-18)29-23-27-11-4-12-28-23/h1-2,4-8,11-12,15-16H,3,9-10,13-14,17H2,(H,27,28,29)/t25-/m0/s1. The summed E-state index contributed by atoms with van der Waals surface area (Å²) in [5.74, 6) is -0.0323. The number of amides is 2. The Balaban J connectivity index is 1.27. The van der Waals surface area contributed by atoms with Gasteiger partial charge in [-0.2, -0.15) is 0 Å². The predicted molar refractivity (Wildman–Crippen MR) is 124 cm³/mol. The number of likely N-dealkylation sites (tertiary alicyclic amines) is 1. The third kappa shape index (κ3) is 4.54. The lowest BCUT2D eigenvalue weighted by Crippen LogP contribution is -2.37. The number of aromatic nitrogens is 2. The maximum absolute atomic E-state index is 13.7. The molecule has 2 aromatic carbocycles. The monoisotopic (exact) mass is 461 g/mol. The molecule has 2 aliphatic rings. The lowest BCUT2D eigenvalue weighted by Gasteiger charge is -2.25. The molecule has 1 atom stereocenters. The molecule has 1 N–H and O–H groups in total. The van der Waals surface area contributed by atoms with Gasteiger partial charge < -0.3 is 15.0 Å². The van der Waals surface area contributed by atoms with Crippen molar-refractivity contribution in [1.29, 1.82) is 0 Å². The van der Waals surface area contributed by atoms with Crippen molar-refractivity contribution in [3.05, 3.63) is 78.4 Å². The van der Waals surface area contributed by atoms with Crippen molar-refractivity contribution in [2.45, 2.75) is 24.9 Å². The molecule has 2 aliphatic heterocycles. The van der Waals surface area contributed by atoms with Crippen molar-refractivity contribution >= 4 is 29.3 Å². The van der Waals surface area contributed by atoms with E-state index in [0.29, 0.717) is 56.1 Å². The number of benzene rings is 2. The Morgan fingerprint density at radius 1 is 1.03 bits per heavy atom. The van der Waals surface area contributed by atoms with Crippen molar-refractivity contribution in [1.82, 2.24) is 14.9 Å².